The maximum atomic E-state index is 10.6. The molecule has 0 fully saturated rings. The van der Waals surface area contributed by atoms with Crippen molar-refractivity contribution in [3.05, 3.63) is 14.9 Å². The van der Waals surface area contributed by atoms with Gasteiger partial charge in [0.15, 0.2) is 5.69 Å². The van der Waals surface area contributed by atoms with Crippen LogP contribution in [0.5, 0.6) is 5.88 Å². The third-order valence-corrected chi connectivity index (χ3v) is 2.67. The highest BCUT2D eigenvalue weighted by Gasteiger charge is 2.13. The second-order valence-electron chi connectivity index (χ2n) is 1.84. The van der Waals surface area contributed by atoms with Gasteiger partial charge in [-0.05, 0) is 31.9 Å². The molecule has 0 saturated heterocycles. The first-order chi connectivity index (χ1) is 5.52. The van der Waals surface area contributed by atoms with Gasteiger partial charge < -0.3 is 10.8 Å². The van der Waals surface area contributed by atoms with Crippen molar-refractivity contribution >= 4 is 37.8 Å². The fraction of sp³-hybridized carbons (Fsp3) is 0. The van der Waals surface area contributed by atoms with Gasteiger partial charge in [-0.1, -0.05) is 0 Å². The average Bonchev–Trinajstić information content (AvgIpc) is 1.96. The average molecular weight is 297 g/mol. The number of nitrogens with two attached hydrogens (primary N) is 1. The molecule has 0 aliphatic carbocycles. The van der Waals surface area contributed by atoms with Gasteiger partial charge in [-0.2, -0.15) is 0 Å². The number of amides is 1. The number of hydrogen-bond acceptors (Lipinski definition) is 4. The Hall–Kier alpha value is -0.690. The predicted octanol–water partition coefficient (Wildman–Crippen LogP) is 0.806. The molecule has 1 aromatic rings. The Morgan fingerprint density at radius 3 is 2.33 bits per heavy atom. The number of halogens is 2. The summed E-state index contributed by atoms with van der Waals surface area (Å²) in [4.78, 5) is 17.8. The second kappa shape index (κ2) is 3.36. The molecule has 0 radical (unpaired) electrons. The van der Waals surface area contributed by atoms with Crippen LogP contribution in [0.15, 0.2) is 9.21 Å². The SMILES string of the molecule is NC(=O)c1nc(Br)c(Br)nc1O. The molecule has 0 aromatic carbocycles. The standard InChI is InChI=1S/C5H3Br2N3O2/c6-2-3(7)10-5(12)1(9-2)4(8)11/h(H2,8,11)(H,10,12). The van der Waals surface area contributed by atoms with Crippen LogP contribution >= 0.6 is 31.9 Å². The number of aromatic nitrogens is 2. The zero-order valence-corrected chi connectivity index (χ0v) is 8.76. The van der Waals surface area contributed by atoms with Crippen LogP contribution in [0, 0.1) is 0 Å². The molecule has 0 aliphatic heterocycles. The molecular weight excluding hydrogens is 294 g/mol. The number of primary amides is 1. The maximum Gasteiger partial charge on any atom is 0.272 e. The van der Waals surface area contributed by atoms with Gasteiger partial charge in [0.1, 0.15) is 9.21 Å². The summed E-state index contributed by atoms with van der Waals surface area (Å²) in [6, 6.07) is 0. The summed E-state index contributed by atoms with van der Waals surface area (Å²) < 4.78 is 0.624. The quantitative estimate of drug-likeness (QED) is 0.802. The molecular formula is C5H3Br2N3O2. The summed E-state index contributed by atoms with van der Waals surface area (Å²) in [6.45, 7) is 0. The summed E-state index contributed by atoms with van der Waals surface area (Å²) in [5.74, 6) is -1.31. The minimum absolute atomic E-state index is 0.259. The van der Waals surface area contributed by atoms with Crippen LogP contribution < -0.4 is 5.73 Å². The monoisotopic (exact) mass is 295 g/mol. The van der Waals surface area contributed by atoms with Crippen molar-refractivity contribution in [2.24, 2.45) is 5.73 Å². The van der Waals surface area contributed by atoms with E-state index >= 15 is 0 Å². The van der Waals surface area contributed by atoms with Gasteiger partial charge in [-0.3, -0.25) is 4.79 Å². The number of hydrogen-bond donors (Lipinski definition) is 2. The van der Waals surface area contributed by atoms with Crippen LogP contribution in [-0.4, -0.2) is 21.0 Å². The molecule has 7 heteroatoms. The number of aromatic hydroxyl groups is 1. The Kier molecular flexibility index (Phi) is 2.63. The number of carbonyl (C=O) groups is 1. The van der Waals surface area contributed by atoms with E-state index in [1.54, 1.807) is 0 Å². The molecule has 1 aromatic heterocycles. The third kappa shape index (κ3) is 1.72. The Bertz CT molecular complexity index is 342. The normalized spacial score (nSPS) is 9.83. The molecule has 0 bridgehead atoms. The van der Waals surface area contributed by atoms with E-state index in [2.05, 4.69) is 41.8 Å². The molecule has 0 saturated carbocycles. The van der Waals surface area contributed by atoms with Crippen molar-refractivity contribution in [3.63, 3.8) is 0 Å². The summed E-state index contributed by atoms with van der Waals surface area (Å²) in [5.41, 5.74) is 4.64. The fourth-order valence-corrected chi connectivity index (χ4v) is 1.07. The highest BCUT2D eigenvalue weighted by atomic mass is 79.9. The van der Waals surface area contributed by atoms with Crippen LogP contribution in [0.25, 0.3) is 0 Å². The molecule has 3 N–H and O–H groups in total. The van der Waals surface area contributed by atoms with Gasteiger partial charge in [0, 0.05) is 0 Å². The van der Waals surface area contributed by atoms with E-state index in [1.165, 1.54) is 0 Å². The lowest BCUT2D eigenvalue weighted by molar-refractivity contribution is 0.0991. The van der Waals surface area contributed by atoms with E-state index < -0.39 is 11.8 Å². The van der Waals surface area contributed by atoms with E-state index in [1.807, 2.05) is 0 Å². The highest BCUT2D eigenvalue weighted by Crippen LogP contribution is 2.22. The van der Waals surface area contributed by atoms with Crippen LogP contribution in [-0.2, 0) is 0 Å². The highest BCUT2D eigenvalue weighted by molar-refractivity contribution is 9.13. The lowest BCUT2D eigenvalue weighted by Crippen LogP contribution is -2.14. The van der Waals surface area contributed by atoms with E-state index in [0.717, 1.165) is 0 Å². The molecule has 64 valence electrons. The van der Waals surface area contributed by atoms with E-state index in [0.29, 0.717) is 9.21 Å². The Balaban J connectivity index is 3.33. The summed E-state index contributed by atoms with van der Waals surface area (Å²) in [7, 11) is 0. The van der Waals surface area contributed by atoms with Crippen LogP contribution in [0.4, 0.5) is 0 Å². The van der Waals surface area contributed by atoms with Crippen LogP contribution in [0.3, 0.4) is 0 Å². The topological polar surface area (TPSA) is 89.1 Å². The molecule has 1 rings (SSSR count). The zero-order valence-electron chi connectivity index (χ0n) is 5.58. The molecule has 5 nitrogen and oxygen atoms in total. The molecule has 1 amide bonds. The Morgan fingerprint density at radius 2 is 1.83 bits per heavy atom. The summed E-state index contributed by atoms with van der Waals surface area (Å²) in [6.07, 6.45) is 0. The first-order valence-electron chi connectivity index (χ1n) is 2.74. The van der Waals surface area contributed by atoms with Crippen molar-refractivity contribution in [2.75, 3.05) is 0 Å². The molecule has 1 heterocycles. The van der Waals surface area contributed by atoms with Crippen molar-refractivity contribution in [1.82, 2.24) is 9.97 Å². The minimum atomic E-state index is -0.826. The molecule has 0 spiro atoms. The van der Waals surface area contributed by atoms with E-state index in [-0.39, 0.29) is 5.69 Å². The molecule has 0 unspecified atom stereocenters. The van der Waals surface area contributed by atoms with Gasteiger partial charge in [0.2, 0.25) is 5.88 Å². The van der Waals surface area contributed by atoms with Gasteiger partial charge in [0.25, 0.3) is 5.91 Å². The van der Waals surface area contributed by atoms with Crippen LogP contribution in [0.2, 0.25) is 0 Å². The lowest BCUT2D eigenvalue weighted by atomic mass is 10.4. The largest absolute Gasteiger partial charge is 0.492 e. The number of nitrogens with zero attached hydrogens (tertiary/aromatic N) is 2. The smallest absolute Gasteiger partial charge is 0.272 e. The van der Waals surface area contributed by atoms with Gasteiger partial charge >= 0.3 is 0 Å². The van der Waals surface area contributed by atoms with Crippen LogP contribution in [0.1, 0.15) is 10.5 Å². The summed E-state index contributed by atoms with van der Waals surface area (Å²) in [5, 5.41) is 9.06. The zero-order chi connectivity index (χ0) is 9.30. The van der Waals surface area contributed by atoms with E-state index in [4.69, 9.17) is 10.8 Å². The van der Waals surface area contributed by atoms with Gasteiger partial charge in [0.05, 0.1) is 0 Å². The molecule has 12 heavy (non-hydrogen) atoms. The number of carbonyl (C=O) groups excluding carboxylic acids is 1. The van der Waals surface area contributed by atoms with Gasteiger partial charge in [-0.25, -0.2) is 9.97 Å². The van der Waals surface area contributed by atoms with Crippen molar-refractivity contribution in [1.29, 1.82) is 0 Å². The molecule has 0 aliphatic rings. The first-order valence-corrected chi connectivity index (χ1v) is 4.32. The minimum Gasteiger partial charge on any atom is -0.492 e. The van der Waals surface area contributed by atoms with Crippen molar-refractivity contribution in [3.8, 4) is 5.88 Å². The Labute approximate surface area is 84.3 Å². The number of rotatable bonds is 1. The fourth-order valence-electron chi connectivity index (χ4n) is 0.552. The van der Waals surface area contributed by atoms with Crippen molar-refractivity contribution in [2.45, 2.75) is 0 Å². The predicted molar refractivity (Wildman–Crippen MR) is 47.6 cm³/mol. The lowest BCUT2D eigenvalue weighted by Gasteiger charge is -1.99. The Morgan fingerprint density at radius 1 is 1.33 bits per heavy atom. The van der Waals surface area contributed by atoms with Crippen molar-refractivity contribution < 1.29 is 9.90 Å². The summed E-state index contributed by atoms with van der Waals surface area (Å²) >= 11 is 6.01. The molecule has 0 atom stereocenters. The third-order valence-electron chi connectivity index (χ3n) is 1.03. The second-order valence-corrected chi connectivity index (χ2v) is 3.34. The van der Waals surface area contributed by atoms with Gasteiger partial charge in [-0.15, -0.1) is 0 Å². The maximum absolute atomic E-state index is 10.6. The first kappa shape index (κ1) is 9.40. The van der Waals surface area contributed by atoms with E-state index in [9.17, 15) is 4.79 Å².